The molecule has 1 aliphatic rings. The Kier molecular flexibility index (Phi) is 4.37. The molecule has 1 aliphatic heterocycles. The highest BCUT2D eigenvalue weighted by atomic mass is 15.1. The molecule has 0 aliphatic carbocycles. The Morgan fingerprint density at radius 3 is 2.88 bits per heavy atom. The summed E-state index contributed by atoms with van der Waals surface area (Å²) >= 11 is 0. The van der Waals surface area contributed by atoms with Crippen molar-refractivity contribution in [2.45, 2.75) is 26.7 Å². The largest absolute Gasteiger partial charge is 0.369 e. The minimum absolute atomic E-state index is 0.914. The van der Waals surface area contributed by atoms with Crippen LogP contribution in [0, 0.1) is 12.8 Å². The third-order valence-corrected chi connectivity index (χ3v) is 3.53. The average molecular weight is 233 g/mol. The van der Waals surface area contributed by atoms with Gasteiger partial charge < -0.3 is 10.2 Å². The summed E-state index contributed by atoms with van der Waals surface area (Å²) in [6.45, 7) is 9.08. The van der Waals surface area contributed by atoms with Crippen LogP contribution < -0.4 is 5.32 Å². The second kappa shape index (κ2) is 6.01. The summed E-state index contributed by atoms with van der Waals surface area (Å²) in [7, 11) is 0. The number of nitrogens with zero attached hydrogens (tertiary/aromatic N) is 2. The van der Waals surface area contributed by atoms with E-state index in [1.165, 1.54) is 31.5 Å². The number of anilines is 1. The maximum Gasteiger partial charge on any atom is 0.126 e. The highest BCUT2D eigenvalue weighted by Crippen LogP contribution is 2.15. The Labute approximate surface area is 104 Å². The van der Waals surface area contributed by atoms with Crippen LogP contribution in [0.2, 0.25) is 0 Å². The van der Waals surface area contributed by atoms with E-state index < -0.39 is 0 Å². The Hall–Kier alpha value is -1.09. The predicted molar refractivity (Wildman–Crippen MR) is 72.3 cm³/mol. The normalized spacial score (nSPS) is 18.2. The summed E-state index contributed by atoms with van der Waals surface area (Å²) in [5.74, 6) is 1.91. The molecule has 2 rings (SSSR count). The van der Waals surface area contributed by atoms with Crippen LogP contribution in [0.5, 0.6) is 0 Å². The number of likely N-dealkylation sites (tertiary alicyclic amines) is 1. The van der Waals surface area contributed by atoms with Gasteiger partial charge in [0, 0.05) is 19.3 Å². The Morgan fingerprint density at radius 1 is 1.41 bits per heavy atom. The Bertz CT molecular complexity index is 343. The number of rotatable bonds is 4. The van der Waals surface area contributed by atoms with Crippen LogP contribution in [-0.4, -0.2) is 36.1 Å². The van der Waals surface area contributed by atoms with Gasteiger partial charge in [0.05, 0.1) is 0 Å². The molecule has 2 heterocycles. The first-order valence-electron chi connectivity index (χ1n) is 6.63. The summed E-state index contributed by atoms with van der Waals surface area (Å²) in [6, 6.07) is 4.12. The molecule has 0 atom stereocenters. The van der Waals surface area contributed by atoms with Crippen LogP contribution in [0.3, 0.4) is 0 Å². The summed E-state index contributed by atoms with van der Waals surface area (Å²) in [5.41, 5.74) is 1.26. The lowest BCUT2D eigenvalue weighted by molar-refractivity contribution is 0.199. The van der Waals surface area contributed by atoms with E-state index in [0.717, 1.165) is 24.8 Å². The van der Waals surface area contributed by atoms with Gasteiger partial charge >= 0.3 is 0 Å². The molecular formula is C14H23N3. The van der Waals surface area contributed by atoms with Crippen molar-refractivity contribution < 1.29 is 0 Å². The van der Waals surface area contributed by atoms with Crippen molar-refractivity contribution in [2.24, 2.45) is 5.92 Å². The molecular weight excluding hydrogens is 210 g/mol. The molecule has 0 aromatic carbocycles. The molecule has 0 radical (unpaired) electrons. The van der Waals surface area contributed by atoms with E-state index >= 15 is 0 Å². The molecule has 0 unspecified atom stereocenters. The molecule has 0 amide bonds. The zero-order valence-corrected chi connectivity index (χ0v) is 10.9. The van der Waals surface area contributed by atoms with Gasteiger partial charge in [0.1, 0.15) is 5.82 Å². The highest BCUT2D eigenvalue weighted by molar-refractivity contribution is 5.36. The number of aromatic nitrogens is 1. The first-order chi connectivity index (χ1) is 8.24. The van der Waals surface area contributed by atoms with Gasteiger partial charge in [-0.3, -0.25) is 0 Å². The zero-order valence-electron chi connectivity index (χ0n) is 10.9. The molecule has 0 bridgehead atoms. The maximum absolute atomic E-state index is 4.30. The third kappa shape index (κ3) is 4.00. The monoisotopic (exact) mass is 233 g/mol. The van der Waals surface area contributed by atoms with Gasteiger partial charge in [-0.2, -0.15) is 0 Å². The summed E-state index contributed by atoms with van der Waals surface area (Å²) in [5, 5.41) is 3.39. The number of hydrogen-bond acceptors (Lipinski definition) is 3. The van der Waals surface area contributed by atoms with Crippen molar-refractivity contribution in [1.82, 2.24) is 9.88 Å². The molecule has 94 valence electrons. The quantitative estimate of drug-likeness (QED) is 0.866. The first-order valence-corrected chi connectivity index (χ1v) is 6.63. The number of nitrogens with one attached hydrogen (secondary N) is 1. The lowest BCUT2D eigenvalue weighted by Gasteiger charge is -2.30. The minimum Gasteiger partial charge on any atom is -0.369 e. The zero-order chi connectivity index (χ0) is 12.1. The fourth-order valence-corrected chi connectivity index (χ4v) is 2.26. The lowest BCUT2D eigenvalue weighted by atomic mass is 9.99. The number of piperidine rings is 1. The minimum atomic E-state index is 0.914. The van der Waals surface area contributed by atoms with Crippen molar-refractivity contribution >= 4 is 5.82 Å². The smallest absolute Gasteiger partial charge is 0.126 e. The average Bonchev–Trinajstić information content (AvgIpc) is 2.32. The van der Waals surface area contributed by atoms with Crippen molar-refractivity contribution in [3.63, 3.8) is 0 Å². The van der Waals surface area contributed by atoms with Gasteiger partial charge in [0.15, 0.2) is 0 Å². The van der Waals surface area contributed by atoms with Crippen molar-refractivity contribution in [3.05, 3.63) is 23.9 Å². The van der Waals surface area contributed by atoms with Gasteiger partial charge in [0.25, 0.3) is 0 Å². The van der Waals surface area contributed by atoms with Crippen LogP contribution >= 0.6 is 0 Å². The van der Waals surface area contributed by atoms with Crippen LogP contribution in [0.1, 0.15) is 25.3 Å². The van der Waals surface area contributed by atoms with Gasteiger partial charge in [-0.05, 0) is 56.5 Å². The first kappa shape index (κ1) is 12.4. The lowest BCUT2D eigenvalue weighted by Crippen LogP contribution is -2.36. The summed E-state index contributed by atoms with van der Waals surface area (Å²) < 4.78 is 0. The van der Waals surface area contributed by atoms with E-state index in [4.69, 9.17) is 0 Å². The van der Waals surface area contributed by atoms with Crippen LogP contribution in [0.15, 0.2) is 18.3 Å². The molecule has 1 fully saturated rings. The van der Waals surface area contributed by atoms with E-state index in [0.29, 0.717) is 0 Å². The second-order valence-electron chi connectivity index (χ2n) is 5.17. The van der Waals surface area contributed by atoms with E-state index in [1.54, 1.807) is 0 Å². The molecule has 17 heavy (non-hydrogen) atoms. The predicted octanol–water partition coefficient (Wildman–Crippen LogP) is 2.53. The van der Waals surface area contributed by atoms with E-state index in [1.807, 2.05) is 12.3 Å². The van der Waals surface area contributed by atoms with Crippen LogP contribution in [0.4, 0.5) is 5.82 Å². The number of hydrogen-bond donors (Lipinski definition) is 1. The van der Waals surface area contributed by atoms with Gasteiger partial charge in [0.2, 0.25) is 0 Å². The topological polar surface area (TPSA) is 28.2 Å². The summed E-state index contributed by atoms with van der Waals surface area (Å²) in [6.07, 6.45) is 4.56. The van der Waals surface area contributed by atoms with E-state index in [-0.39, 0.29) is 0 Å². The molecule has 1 N–H and O–H groups in total. The second-order valence-corrected chi connectivity index (χ2v) is 5.17. The summed E-state index contributed by atoms with van der Waals surface area (Å²) in [4.78, 5) is 6.85. The molecule has 1 saturated heterocycles. The molecule has 3 nitrogen and oxygen atoms in total. The van der Waals surface area contributed by atoms with Crippen molar-refractivity contribution in [3.8, 4) is 0 Å². The van der Waals surface area contributed by atoms with Crippen LogP contribution in [0.25, 0.3) is 0 Å². The van der Waals surface area contributed by atoms with Gasteiger partial charge in [-0.15, -0.1) is 0 Å². The number of aryl methyl sites for hydroxylation is 1. The molecule has 0 spiro atoms. The molecule has 3 heteroatoms. The van der Waals surface area contributed by atoms with Crippen LogP contribution in [-0.2, 0) is 0 Å². The van der Waals surface area contributed by atoms with Crippen molar-refractivity contribution in [2.75, 3.05) is 31.5 Å². The Balaban J connectivity index is 1.69. The highest BCUT2D eigenvalue weighted by Gasteiger charge is 2.14. The maximum atomic E-state index is 4.30. The SMILES string of the molecule is Cc1ccnc(NCCN2CCC(C)CC2)c1. The third-order valence-electron chi connectivity index (χ3n) is 3.53. The number of pyridine rings is 1. The van der Waals surface area contributed by atoms with Gasteiger partial charge in [-0.25, -0.2) is 4.98 Å². The fourth-order valence-electron chi connectivity index (χ4n) is 2.26. The van der Waals surface area contributed by atoms with Crippen molar-refractivity contribution in [1.29, 1.82) is 0 Å². The Morgan fingerprint density at radius 2 is 2.18 bits per heavy atom. The van der Waals surface area contributed by atoms with Gasteiger partial charge in [-0.1, -0.05) is 6.92 Å². The van der Waals surface area contributed by atoms with E-state index in [9.17, 15) is 0 Å². The fraction of sp³-hybridized carbons (Fsp3) is 0.643. The van der Waals surface area contributed by atoms with E-state index in [2.05, 4.69) is 35.1 Å². The molecule has 0 saturated carbocycles. The molecule has 1 aromatic heterocycles. The standard InChI is InChI=1S/C14H23N3/c1-12-4-8-17(9-5-12)10-7-16-14-11-13(2)3-6-15-14/h3,6,11-12H,4-5,7-10H2,1-2H3,(H,15,16). The molecule has 1 aromatic rings.